The van der Waals surface area contributed by atoms with E-state index in [1.54, 1.807) is 24.4 Å². The van der Waals surface area contributed by atoms with Gasteiger partial charge >= 0.3 is 11.9 Å². The van der Waals surface area contributed by atoms with E-state index in [1.807, 2.05) is 0 Å². The molecule has 31 heavy (non-hydrogen) atoms. The molecule has 0 aliphatic heterocycles. The van der Waals surface area contributed by atoms with Gasteiger partial charge in [0.2, 0.25) is 0 Å². The van der Waals surface area contributed by atoms with Gasteiger partial charge in [-0.2, -0.15) is 0 Å². The van der Waals surface area contributed by atoms with Crippen molar-refractivity contribution in [2.24, 2.45) is 0 Å². The van der Waals surface area contributed by atoms with Gasteiger partial charge in [0.15, 0.2) is 12.4 Å². The van der Waals surface area contributed by atoms with Crippen LogP contribution >= 0.6 is 11.3 Å². The lowest BCUT2D eigenvalue weighted by molar-refractivity contribution is -0.146. The minimum absolute atomic E-state index is 0.0436. The second kappa shape index (κ2) is 10.3. The lowest BCUT2D eigenvalue weighted by Gasteiger charge is -2.08. The Morgan fingerprint density at radius 1 is 1.06 bits per heavy atom. The molecular formula is C20H18N2O8S. The number of furan rings is 2. The Morgan fingerprint density at radius 2 is 1.84 bits per heavy atom. The standard InChI is InChI=1S/C20H18N2O8S/c1-2-27-20(26)17-12(13-5-3-7-28-13)11-31-19(17)22-15(23)10-30-16(24)9-21-18(25)14-6-4-8-29-14/h3-8,11H,2,9-10H2,1H3,(H,21,25)(H,22,23). The summed E-state index contributed by atoms with van der Waals surface area (Å²) in [5, 5.41) is 6.72. The summed E-state index contributed by atoms with van der Waals surface area (Å²) >= 11 is 1.10. The fourth-order valence-corrected chi connectivity index (χ4v) is 3.43. The number of carbonyl (C=O) groups is 4. The van der Waals surface area contributed by atoms with Gasteiger partial charge in [0, 0.05) is 10.9 Å². The molecule has 0 atom stereocenters. The van der Waals surface area contributed by atoms with Crippen molar-refractivity contribution in [3.05, 3.63) is 53.5 Å². The Balaban J connectivity index is 1.57. The van der Waals surface area contributed by atoms with Gasteiger partial charge in [-0.1, -0.05) is 0 Å². The molecule has 2 amide bonds. The van der Waals surface area contributed by atoms with E-state index >= 15 is 0 Å². The number of nitrogens with one attached hydrogen (secondary N) is 2. The van der Waals surface area contributed by atoms with Gasteiger partial charge in [-0.3, -0.25) is 14.4 Å². The summed E-state index contributed by atoms with van der Waals surface area (Å²) in [5.41, 5.74) is 0.619. The van der Waals surface area contributed by atoms with Gasteiger partial charge in [0.05, 0.1) is 19.1 Å². The Bertz CT molecular complexity index is 1050. The zero-order valence-corrected chi connectivity index (χ0v) is 17.2. The van der Waals surface area contributed by atoms with Gasteiger partial charge in [-0.25, -0.2) is 4.79 Å². The normalized spacial score (nSPS) is 10.4. The molecule has 0 saturated carbocycles. The van der Waals surface area contributed by atoms with Crippen LogP contribution in [0.2, 0.25) is 0 Å². The first-order valence-corrected chi connectivity index (χ1v) is 9.97. The predicted molar refractivity (Wildman–Crippen MR) is 109 cm³/mol. The molecule has 3 aromatic heterocycles. The summed E-state index contributed by atoms with van der Waals surface area (Å²) in [5.74, 6) is -2.20. The summed E-state index contributed by atoms with van der Waals surface area (Å²) in [6, 6.07) is 6.32. The van der Waals surface area contributed by atoms with E-state index in [9.17, 15) is 19.2 Å². The lowest BCUT2D eigenvalue weighted by atomic mass is 10.1. The van der Waals surface area contributed by atoms with Gasteiger partial charge in [-0.05, 0) is 31.2 Å². The molecule has 10 nitrogen and oxygen atoms in total. The number of amides is 2. The molecule has 0 aromatic carbocycles. The minimum Gasteiger partial charge on any atom is -0.464 e. The van der Waals surface area contributed by atoms with Crippen LogP contribution in [0.15, 0.2) is 51.0 Å². The van der Waals surface area contributed by atoms with Crippen LogP contribution in [-0.2, 0) is 19.1 Å². The van der Waals surface area contributed by atoms with Crippen LogP contribution < -0.4 is 10.6 Å². The summed E-state index contributed by atoms with van der Waals surface area (Å²) in [6.45, 7) is 0.772. The summed E-state index contributed by atoms with van der Waals surface area (Å²) in [7, 11) is 0. The van der Waals surface area contributed by atoms with E-state index in [1.165, 1.54) is 24.7 Å². The zero-order chi connectivity index (χ0) is 22.2. The van der Waals surface area contributed by atoms with Gasteiger partial charge < -0.3 is 28.9 Å². The van der Waals surface area contributed by atoms with Crippen LogP contribution in [-0.4, -0.2) is 43.5 Å². The maximum Gasteiger partial charge on any atom is 0.341 e. The quantitative estimate of drug-likeness (QED) is 0.479. The van der Waals surface area contributed by atoms with Crippen molar-refractivity contribution in [1.82, 2.24) is 5.32 Å². The van der Waals surface area contributed by atoms with Crippen molar-refractivity contribution in [2.75, 3.05) is 25.1 Å². The molecule has 0 spiro atoms. The third kappa shape index (κ3) is 5.60. The smallest absolute Gasteiger partial charge is 0.341 e. The maximum atomic E-state index is 12.4. The molecule has 0 bridgehead atoms. The molecule has 0 radical (unpaired) electrons. The first-order chi connectivity index (χ1) is 15.0. The highest BCUT2D eigenvalue weighted by Crippen LogP contribution is 2.36. The van der Waals surface area contributed by atoms with Crippen LogP contribution in [0.5, 0.6) is 0 Å². The molecule has 0 aliphatic carbocycles. The second-order valence-electron chi connectivity index (χ2n) is 5.92. The van der Waals surface area contributed by atoms with E-state index in [2.05, 4.69) is 10.6 Å². The second-order valence-corrected chi connectivity index (χ2v) is 6.80. The number of hydrogen-bond acceptors (Lipinski definition) is 9. The Kier molecular flexibility index (Phi) is 7.22. The Labute approximate surface area is 180 Å². The monoisotopic (exact) mass is 446 g/mol. The van der Waals surface area contributed by atoms with E-state index in [4.69, 9.17) is 18.3 Å². The van der Waals surface area contributed by atoms with E-state index in [-0.39, 0.29) is 22.9 Å². The number of rotatable bonds is 9. The fraction of sp³-hybridized carbons (Fsp3) is 0.200. The first kappa shape index (κ1) is 21.8. The number of anilines is 1. The number of thiophene rings is 1. The largest absolute Gasteiger partial charge is 0.464 e. The molecule has 0 aliphatic rings. The van der Waals surface area contributed by atoms with Crippen molar-refractivity contribution in [3.8, 4) is 11.3 Å². The zero-order valence-electron chi connectivity index (χ0n) is 16.3. The van der Waals surface area contributed by atoms with Crippen LogP contribution in [0.3, 0.4) is 0 Å². The Hall–Kier alpha value is -3.86. The van der Waals surface area contributed by atoms with E-state index in [0.717, 1.165) is 11.3 Å². The number of esters is 2. The minimum atomic E-state index is -0.817. The number of ether oxygens (including phenoxy) is 2. The molecule has 0 fully saturated rings. The van der Waals surface area contributed by atoms with Crippen molar-refractivity contribution in [2.45, 2.75) is 6.92 Å². The highest BCUT2D eigenvalue weighted by molar-refractivity contribution is 7.15. The SMILES string of the molecule is CCOC(=O)c1c(-c2ccco2)csc1NC(=O)COC(=O)CNC(=O)c1ccco1. The van der Waals surface area contributed by atoms with Crippen LogP contribution in [0.1, 0.15) is 27.8 Å². The molecule has 11 heteroatoms. The van der Waals surface area contributed by atoms with Crippen molar-refractivity contribution in [1.29, 1.82) is 0 Å². The fourth-order valence-electron chi connectivity index (χ4n) is 2.48. The summed E-state index contributed by atoms with van der Waals surface area (Å²) < 4.78 is 20.1. The van der Waals surface area contributed by atoms with E-state index in [0.29, 0.717) is 11.3 Å². The van der Waals surface area contributed by atoms with Crippen molar-refractivity contribution < 1.29 is 37.5 Å². The van der Waals surface area contributed by atoms with Gasteiger partial charge in [0.25, 0.3) is 11.8 Å². The summed E-state index contributed by atoms with van der Waals surface area (Å²) in [4.78, 5) is 48.1. The summed E-state index contributed by atoms with van der Waals surface area (Å²) in [6.07, 6.45) is 2.79. The van der Waals surface area contributed by atoms with Crippen LogP contribution in [0, 0.1) is 0 Å². The van der Waals surface area contributed by atoms with Gasteiger partial charge in [0.1, 0.15) is 22.9 Å². The Morgan fingerprint density at radius 3 is 2.52 bits per heavy atom. The molecule has 3 aromatic rings. The number of hydrogen-bond donors (Lipinski definition) is 2. The molecule has 162 valence electrons. The number of carbonyl (C=O) groups excluding carboxylic acids is 4. The highest BCUT2D eigenvalue weighted by atomic mass is 32.1. The third-order valence-electron chi connectivity index (χ3n) is 3.81. The highest BCUT2D eigenvalue weighted by Gasteiger charge is 2.24. The molecule has 3 rings (SSSR count). The van der Waals surface area contributed by atoms with E-state index < -0.39 is 36.9 Å². The first-order valence-electron chi connectivity index (χ1n) is 9.09. The van der Waals surface area contributed by atoms with Crippen LogP contribution in [0.4, 0.5) is 5.00 Å². The predicted octanol–water partition coefficient (Wildman–Crippen LogP) is 2.69. The van der Waals surface area contributed by atoms with Crippen LogP contribution in [0.25, 0.3) is 11.3 Å². The molecule has 3 heterocycles. The molecule has 2 N–H and O–H groups in total. The van der Waals surface area contributed by atoms with Gasteiger partial charge in [-0.15, -0.1) is 11.3 Å². The van der Waals surface area contributed by atoms with Crippen molar-refractivity contribution in [3.63, 3.8) is 0 Å². The average molecular weight is 446 g/mol. The van der Waals surface area contributed by atoms with Crippen molar-refractivity contribution >= 4 is 40.1 Å². The molecular weight excluding hydrogens is 428 g/mol. The molecule has 0 saturated heterocycles. The maximum absolute atomic E-state index is 12.4. The lowest BCUT2D eigenvalue weighted by Crippen LogP contribution is -2.32. The average Bonchev–Trinajstić information content (AvgIpc) is 3.52. The molecule has 0 unspecified atom stereocenters. The third-order valence-corrected chi connectivity index (χ3v) is 4.71. The topological polar surface area (TPSA) is 137 Å².